The minimum Gasteiger partial charge on any atom is -0.488 e. The highest BCUT2D eigenvalue weighted by Gasteiger charge is 2.33. The van der Waals surface area contributed by atoms with Crippen molar-refractivity contribution in [1.29, 1.82) is 0 Å². The van der Waals surface area contributed by atoms with Crippen LogP contribution in [0.25, 0.3) is 0 Å². The molecule has 24 heavy (non-hydrogen) atoms. The van der Waals surface area contributed by atoms with Crippen molar-refractivity contribution in [3.8, 4) is 5.75 Å². The van der Waals surface area contributed by atoms with Gasteiger partial charge >= 0.3 is 0 Å². The SMILES string of the molecule is CC(C1Cc2ccccc2O1)N(C)C(=O)CC1CC(=O)NC(=O)C1. The minimum absolute atomic E-state index is 0.0606. The first-order chi connectivity index (χ1) is 11.4. The topological polar surface area (TPSA) is 75.7 Å². The van der Waals surface area contributed by atoms with E-state index < -0.39 is 0 Å². The zero-order valence-corrected chi connectivity index (χ0v) is 14.0. The zero-order chi connectivity index (χ0) is 17.3. The lowest BCUT2D eigenvalue weighted by Crippen LogP contribution is -2.46. The number of rotatable bonds is 4. The molecule has 0 saturated carbocycles. The number of piperidine rings is 1. The van der Waals surface area contributed by atoms with E-state index in [0.717, 1.165) is 17.7 Å². The molecule has 3 rings (SSSR count). The molecule has 1 aromatic carbocycles. The number of carbonyl (C=O) groups is 3. The van der Waals surface area contributed by atoms with Gasteiger partial charge in [-0.3, -0.25) is 19.7 Å². The van der Waals surface area contributed by atoms with Crippen LogP contribution in [0.15, 0.2) is 24.3 Å². The predicted molar refractivity (Wildman–Crippen MR) is 87.3 cm³/mol. The molecule has 2 unspecified atom stereocenters. The second-order valence-electron chi connectivity index (χ2n) is 6.66. The van der Waals surface area contributed by atoms with E-state index in [9.17, 15) is 14.4 Å². The van der Waals surface area contributed by atoms with E-state index in [4.69, 9.17) is 4.74 Å². The van der Waals surface area contributed by atoms with E-state index in [2.05, 4.69) is 5.32 Å². The lowest BCUT2D eigenvalue weighted by molar-refractivity contribution is -0.137. The fourth-order valence-corrected chi connectivity index (χ4v) is 3.34. The van der Waals surface area contributed by atoms with Crippen LogP contribution < -0.4 is 10.1 Å². The van der Waals surface area contributed by atoms with Crippen LogP contribution >= 0.6 is 0 Å². The van der Waals surface area contributed by atoms with Gasteiger partial charge in [0.25, 0.3) is 0 Å². The molecule has 0 bridgehead atoms. The Kier molecular flexibility index (Phi) is 4.55. The summed E-state index contributed by atoms with van der Waals surface area (Å²) in [7, 11) is 1.75. The molecule has 2 aliphatic heterocycles. The highest BCUT2D eigenvalue weighted by molar-refractivity contribution is 5.98. The summed E-state index contributed by atoms with van der Waals surface area (Å²) in [6, 6.07) is 7.81. The molecule has 0 radical (unpaired) electrons. The molecule has 0 aliphatic carbocycles. The monoisotopic (exact) mass is 330 g/mol. The minimum atomic E-state index is -0.297. The van der Waals surface area contributed by atoms with Gasteiger partial charge in [-0.05, 0) is 24.5 Å². The molecule has 128 valence electrons. The van der Waals surface area contributed by atoms with Crippen molar-refractivity contribution >= 4 is 17.7 Å². The molecule has 0 spiro atoms. The van der Waals surface area contributed by atoms with E-state index in [-0.39, 0.29) is 55.0 Å². The maximum atomic E-state index is 12.5. The van der Waals surface area contributed by atoms with Crippen molar-refractivity contribution in [2.45, 2.75) is 44.8 Å². The molecule has 1 N–H and O–H groups in total. The van der Waals surface area contributed by atoms with Crippen molar-refractivity contribution in [3.05, 3.63) is 29.8 Å². The molecule has 1 fully saturated rings. The number of nitrogens with one attached hydrogen (secondary N) is 1. The van der Waals surface area contributed by atoms with Crippen LogP contribution in [0.1, 0.15) is 31.7 Å². The summed E-state index contributed by atoms with van der Waals surface area (Å²) in [5, 5.41) is 2.27. The fraction of sp³-hybridized carbons (Fsp3) is 0.500. The lowest BCUT2D eigenvalue weighted by atomic mass is 9.92. The first-order valence-corrected chi connectivity index (χ1v) is 8.27. The van der Waals surface area contributed by atoms with Crippen LogP contribution in [-0.2, 0) is 20.8 Å². The van der Waals surface area contributed by atoms with Crippen LogP contribution in [0.2, 0.25) is 0 Å². The molecular formula is C18H22N2O4. The second kappa shape index (κ2) is 6.63. The van der Waals surface area contributed by atoms with E-state index in [1.165, 1.54) is 0 Å². The van der Waals surface area contributed by atoms with Gasteiger partial charge in [-0.2, -0.15) is 0 Å². The van der Waals surface area contributed by atoms with Gasteiger partial charge < -0.3 is 9.64 Å². The molecular weight excluding hydrogens is 308 g/mol. The summed E-state index contributed by atoms with van der Waals surface area (Å²) >= 11 is 0. The molecule has 2 aliphatic rings. The molecule has 3 amide bonds. The summed E-state index contributed by atoms with van der Waals surface area (Å²) in [6.45, 7) is 1.97. The Morgan fingerprint density at radius 3 is 2.58 bits per heavy atom. The number of hydrogen-bond acceptors (Lipinski definition) is 4. The highest BCUT2D eigenvalue weighted by atomic mass is 16.5. The Morgan fingerprint density at radius 2 is 1.92 bits per heavy atom. The third-order valence-corrected chi connectivity index (χ3v) is 4.90. The molecule has 1 saturated heterocycles. The number of nitrogens with zero attached hydrogens (tertiary/aromatic N) is 1. The summed E-state index contributed by atoms with van der Waals surface area (Å²) in [6.07, 6.45) is 1.36. The van der Waals surface area contributed by atoms with Crippen LogP contribution in [0.3, 0.4) is 0 Å². The average molecular weight is 330 g/mol. The third kappa shape index (κ3) is 3.42. The number of para-hydroxylation sites is 1. The lowest BCUT2D eigenvalue weighted by Gasteiger charge is -2.31. The molecule has 2 atom stereocenters. The quantitative estimate of drug-likeness (QED) is 0.844. The van der Waals surface area contributed by atoms with Gasteiger partial charge in [0.05, 0.1) is 6.04 Å². The van der Waals surface area contributed by atoms with Crippen LogP contribution in [0.5, 0.6) is 5.75 Å². The number of carbonyl (C=O) groups excluding carboxylic acids is 3. The fourth-order valence-electron chi connectivity index (χ4n) is 3.34. The number of amides is 3. The Hall–Kier alpha value is -2.37. The summed E-state index contributed by atoms with van der Waals surface area (Å²) in [5.74, 6) is 0.0121. The van der Waals surface area contributed by atoms with Crippen molar-refractivity contribution < 1.29 is 19.1 Å². The first kappa shape index (κ1) is 16.5. The Morgan fingerprint density at radius 1 is 1.25 bits per heavy atom. The van der Waals surface area contributed by atoms with E-state index in [1.54, 1.807) is 11.9 Å². The molecule has 6 nitrogen and oxygen atoms in total. The first-order valence-electron chi connectivity index (χ1n) is 8.27. The van der Waals surface area contributed by atoms with Crippen LogP contribution in [-0.4, -0.2) is 41.8 Å². The highest BCUT2D eigenvalue weighted by Crippen LogP contribution is 2.31. The van der Waals surface area contributed by atoms with Gasteiger partial charge in [-0.15, -0.1) is 0 Å². The van der Waals surface area contributed by atoms with Gasteiger partial charge in [0.1, 0.15) is 11.9 Å². The van der Waals surface area contributed by atoms with Gasteiger partial charge in [-0.25, -0.2) is 0 Å². The maximum absolute atomic E-state index is 12.5. The van der Waals surface area contributed by atoms with Gasteiger partial charge in [0.15, 0.2) is 0 Å². The van der Waals surface area contributed by atoms with Gasteiger partial charge in [-0.1, -0.05) is 18.2 Å². The third-order valence-electron chi connectivity index (χ3n) is 4.90. The number of likely N-dealkylation sites (N-methyl/N-ethyl adjacent to an activating group) is 1. The Labute approximate surface area is 141 Å². The van der Waals surface area contributed by atoms with Crippen LogP contribution in [0, 0.1) is 5.92 Å². The van der Waals surface area contributed by atoms with Crippen LogP contribution in [0.4, 0.5) is 0 Å². The normalized spacial score (nSPS) is 21.7. The maximum Gasteiger partial charge on any atom is 0.226 e. The van der Waals surface area contributed by atoms with Crippen molar-refractivity contribution in [3.63, 3.8) is 0 Å². The summed E-state index contributed by atoms with van der Waals surface area (Å²) < 4.78 is 5.95. The summed E-state index contributed by atoms with van der Waals surface area (Å²) in [4.78, 5) is 37.1. The molecule has 2 heterocycles. The van der Waals surface area contributed by atoms with Gasteiger partial charge in [0, 0.05) is 32.7 Å². The standard InChI is InChI=1S/C18H22N2O4/c1-11(15-10-13-5-3-4-6-14(13)24-15)20(2)18(23)9-12-7-16(21)19-17(22)8-12/h3-6,11-12,15H,7-10H2,1-2H3,(H,19,21,22). The Balaban J connectivity index is 1.58. The van der Waals surface area contributed by atoms with E-state index in [0.29, 0.717) is 0 Å². The number of fused-ring (bicyclic) bond motifs is 1. The smallest absolute Gasteiger partial charge is 0.226 e. The molecule has 1 aromatic rings. The molecule has 6 heteroatoms. The molecule has 0 aromatic heterocycles. The average Bonchev–Trinajstić information content (AvgIpc) is 2.96. The number of benzene rings is 1. The zero-order valence-electron chi connectivity index (χ0n) is 14.0. The predicted octanol–water partition coefficient (Wildman–Crippen LogP) is 1.28. The summed E-state index contributed by atoms with van der Waals surface area (Å²) in [5.41, 5.74) is 1.16. The van der Waals surface area contributed by atoms with Crippen molar-refractivity contribution in [2.75, 3.05) is 7.05 Å². The van der Waals surface area contributed by atoms with Crippen molar-refractivity contribution in [1.82, 2.24) is 10.2 Å². The second-order valence-corrected chi connectivity index (χ2v) is 6.66. The number of ether oxygens (including phenoxy) is 1. The Bertz CT molecular complexity index is 632. The van der Waals surface area contributed by atoms with Gasteiger partial charge in [0.2, 0.25) is 17.7 Å². The van der Waals surface area contributed by atoms with E-state index >= 15 is 0 Å². The largest absolute Gasteiger partial charge is 0.488 e. The number of imide groups is 1. The number of hydrogen-bond donors (Lipinski definition) is 1. The van der Waals surface area contributed by atoms with Crippen molar-refractivity contribution in [2.24, 2.45) is 5.92 Å². The van der Waals surface area contributed by atoms with E-state index in [1.807, 2.05) is 31.2 Å².